The van der Waals surface area contributed by atoms with Gasteiger partial charge in [-0.15, -0.1) is 5.10 Å². The lowest BCUT2D eigenvalue weighted by Crippen LogP contribution is -2.36. The predicted molar refractivity (Wildman–Crippen MR) is 175 cm³/mol. The Labute approximate surface area is 270 Å². The van der Waals surface area contributed by atoms with Gasteiger partial charge in [0.2, 0.25) is 0 Å². The van der Waals surface area contributed by atoms with Crippen molar-refractivity contribution in [3.05, 3.63) is 147 Å². The number of hydrogen-bond acceptors (Lipinski definition) is 7. The van der Waals surface area contributed by atoms with E-state index in [1.54, 1.807) is 49.2 Å². The van der Waals surface area contributed by atoms with E-state index in [1.165, 1.54) is 18.2 Å². The van der Waals surface area contributed by atoms with Crippen molar-refractivity contribution < 1.29 is 18.3 Å². The summed E-state index contributed by atoms with van der Waals surface area (Å²) in [5.41, 5.74) is 3.94. The zero-order chi connectivity index (χ0) is 32.9. The number of H-pyrrole nitrogens is 1. The third kappa shape index (κ3) is 6.90. The SMILES string of the molecule is COc1ccc(CCN(Cc2ccccc2F)[C@@H](c2cc3cccc(C)c3[nH]c2=O)c2nnnn2Cc2ccc(F)cc2)cc1OC. The Balaban J connectivity index is 1.49. The van der Waals surface area contributed by atoms with Crippen molar-refractivity contribution >= 4 is 10.9 Å². The molecular weight excluding hydrogens is 602 g/mol. The number of aryl methyl sites for hydroxylation is 1. The summed E-state index contributed by atoms with van der Waals surface area (Å²) >= 11 is 0. The van der Waals surface area contributed by atoms with E-state index in [2.05, 4.69) is 20.5 Å². The molecule has 4 aromatic carbocycles. The maximum absolute atomic E-state index is 15.2. The van der Waals surface area contributed by atoms with Gasteiger partial charge in [0.15, 0.2) is 17.3 Å². The van der Waals surface area contributed by atoms with Gasteiger partial charge < -0.3 is 14.5 Å². The zero-order valence-electron chi connectivity index (χ0n) is 26.3. The van der Waals surface area contributed by atoms with Gasteiger partial charge in [-0.05, 0) is 82.2 Å². The van der Waals surface area contributed by atoms with Gasteiger partial charge in [0, 0.05) is 24.2 Å². The van der Waals surface area contributed by atoms with Crippen LogP contribution in [0.1, 0.15) is 39.7 Å². The number of methoxy groups -OCH3 is 2. The van der Waals surface area contributed by atoms with Gasteiger partial charge >= 0.3 is 0 Å². The number of benzene rings is 4. The van der Waals surface area contributed by atoms with E-state index in [0.717, 1.165) is 27.6 Å². The number of nitrogens with zero attached hydrogens (tertiary/aromatic N) is 5. The van der Waals surface area contributed by atoms with Crippen LogP contribution < -0.4 is 15.0 Å². The molecule has 1 atom stereocenters. The predicted octanol–water partition coefficient (Wildman–Crippen LogP) is 6.00. The van der Waals surface area contributed by atoms with E-state index in [4.69, 9.17) is 9.47 Å². The van der Waals surface area contributed by atoms with Crippen molar-refractivity contribution in [1.82, 2.24) is 30.1 Å². The molecule has 0 radical (unpaired) electrons. The van der Waals surface area contributed by atoms with Crippen LogP contribution in [-0.2, 0) is 19.5 Å². The van der Waals surface area contributed by atoms with E-state index >= 15 is 4.39 Å². The number of hydrogen-bond donors (Lipinski definition) is 1. The van der Waals surface area contributed by atoms with Gasteiger partial charge in [0.1, 0.15) is 17.7 Å². The van der Waals surface area contributed by atoms with Gasteiger partial charge in [0.25, 0.3) is 5.56 Å². The Morgan fingerprint density at radius 2 is 1.66 bits per heavy atom. The molecule has 240 valence electrons. The molecule has 6 rings (SSSR count). The molecule has 6 aromatic rings. The normalized spacial score (nSPS) is 12.0. The van der Waals surface area contributed by atoms with Crippen LogP contribution in [0.25, 0.3) is 10.9 Å². The largest absolute Gasteiger partial charge is 0.493 e. The molecule has 0 aliphatic carbocycles. The topological polar surface area (TPSA) is 98.2 Å². The molecule has 11 heteroatoms. The Morgan fingerprint density at radius 1 is 0.894 bits per heavy atom. The molecule has 0 saturated heterocycles. The Kier molecular flexibility index (Phi) is 9.35. The highest BCUT2D eigenvalue weighted by Gasteiger charge is 2.31. The van der Waals surface area contributed by atoms with Crippen LogP contribution in [0.4, 0.5) is 8.78 Å². The molecular formula is C36H34F2N6O3. The minimum Gasteiger partial charge on any atom is -0.493 e. The molecule has 0 spiro atoms. The highest BCUT2D eigenvalue weighted by atomic mass is 19.1. The van der Waals surface area contributed by atoms with Crippen molar-refractivity contribution in [2.24, 2.45) is 0 Å². The molecule has 0 amide bonds. The third-order valence-corrected chi connectivity index (χ3v) is 8.29. The molecule has 2 aromatic heterocycles. The lowest BCUT2D eigenvalue weighted by atomic mass is 10.00. The van der Waals surface area contributed by atoms with E-state index in [0.29, 0.717) is 41.4 Å². The van der Waals surface area contributed by atoms with Crippen LogP contribution >= 0.6 is 0 Å². The van der Waals surface area contributed by atoms with Crippen LogP contribution in [0, 0.1) is 18.6 Å². The van der Waals surface area contributed by atoms with E-state index in [-0.39, 0.29) is 30.3 Å². The lowest BCUT2D eigenvalue weighted by Gasteiger charge is -2.31. The first kappa shape index (κ1) is 31.6. The molecule has 0 bridgehead atoms. The molecule has 2 heterocycles. The summed E-state index contributed by atoms with van der Waals surface area (Å²) in [6.45, 7) is 2.71. The van der Waals surface area contributed by atoms with Gasteiger partial charge in [0.05, 0.1) is 26.3 Å². The highest BCUT2D eigenvalue weighted by molar-refractivity contribution is 5.82. The minimum absolute atomic E-state index is 0.152. The number of halogens is 2. The molecule has 0 aliphatic rings. The van der Waals surface area contributed by atoms with Crippen LogP contribution in [0.2, 0.25) is 0 Å². The van der Waals surface area contributed by atoms with E-state index < -0.39 is 6.04 Å². The number of tetrazole rings is 1. The number of aromatic nitrogens is 5. The van der Waals surface area contributed by atoms with Crippen LogP contribution in [0.5, 0.6) is 11.5 Å². The molecule has 0 unspecified atom stereocenters. The second-order valence-electron chi connectivity index (χ2n) is 11.3. The maximum Gasteiger partial charge on any atom is 0.253 e. The fourth-order valence-corrected chi connectivity index (χ4v) is 5.84. The third-order valence-electron chi connectivity index (χ3n) is 8.29. The summed E-state index contributed by atoms with van der Waals surface area (Å²) < 4.78 is 41.5. The Bertz CT molecular complexity index is 2060. The van der Waals surface area contributed by atoms with Crippen molar-refractivity contribution in [3.63, 3.8) is 0 Å². The monoisotopic (exact) mass is 636 g/mol. The lowest BCUT2D eigenvalue weighted by molar-refractivity contribution is 0.203. The first-order valence-corrected chi connectivity index (χ1v) is 15.2. The first-order valence-electron chi connectivity index (χ1n) is 15.2. The van der Waals surface area contributed by atoms with Crippen molar-refractivity contribution in [2.75, 3.05) is 20.8 Å². The number of para-hydroxylation sites is 1. The quantitative estimate of drug-likeness (QED) is 0.176. The van der Waals surface area contributed by atoms with Gasteiger partial charge in [-0.2, -0.15) is 0 Å². The number of nitrogens with one attached hydrogen (secondary N) is 1. The van der Waals surface area contributed by atoms with Gasteiger partial charge in [-0.25, -0.2) is 13.5 Å². The van der Waals surface area contributed by atoms with E-state index in [1.807, 2.05) is 54.3 Å². The summed E-state index contributed by atoms with van der Waals surface area (Å²) in [4.78, 5) is 19.1. The van der Waals surface area contributed by atoms with Crippen LogP contribution in [0.15, 0.2) is 95.8 Å². The molecule has 9 nitrogen and oxygen atoms in total. The fraction of sp³-hybridized carbons (Fsp3) is 0.222. The summed E-state index contributed by atoms with van der Waals surface area (Å²) in [5, 5.41) is 13.6. The molecule has 0 fully saturated rings. The average Bonchev–Trinajstić information content (AvgIpc) is 3.53. The fourth-order valence-electron chi connectivity index (χ4n) is 5.84. The number of rotatable bonds is 12. The van der Waals surface area contributed by atoms with Crippen molar-refractivity contribution in [2.45, 2.75) is 32.5 Å². The Morgan fingerprint density at radius 3 is 2.43 bits per heavy atom. The zero-order valence-corrected chi connectivity index (χ0v) is 26.3. The van der Waals surface area contributed by atoms with Crippen LogP contribution in [0.3, 0.4) is 0 Å². The number of fused-ring (bicyclic) bond motifs is 1. The molecule has 0 aliphatic heterocycles. The summed E-state index contributed by atoms with van der Waals surface area (Å²) in [7, 11) is 3.16. The minimum atomic E-state index is -0.793. The second-order valence-corrected chi connectivity index (χ2v) is 11.3. The number of ether oxygens (including phenoxy) is 2. The first-order chi connectivity index (χ1) is 22.8. The second kappa shape index (κ2) is 13.9. The van der Waals surface area contributed by atoms with Crippen molar-refractivity contribution in [3.8, 4) is 11.5 Å². The summed E-state index contributed by atoms with van der Waals surface area (Å²) in [5.74, 6) is 0.863. The maximum atomic E-state index is 15.2. The molecule has 47 heavy (non-hydrogen) atoms. The Hall–Kier alpha value is -5.42. The summed E-state index contributed by atoms with van der Waals surface area (Å²) in [6.07, 6.45) is 0.523. The van der Waals surface area contributed by atoms with Gasteiger partial charge in [-0.1, -0.05) is 54.6 Å². The standard InChI is InChI=1S/C36H34F2N6O3/c1-23-7-6-9-26-20-29(36(45)39-33(23)26)34(35-40-41-42-44(35)21-25-11-14-28(37)15-12-25)43(22-27-8-4-5-10-30(27)38)18-17-24-13-16-31(46-2)32(19-24)47-3/h4-16,19-20,34H,17-18,21-22H2,1-3H3,(H,39,45)/t34-/m0/s1. The molecule has 1 N–H and O–H groups in total. The van der Waals surface area contributed by atoms with Crippen LogP contribution in [-0.4, -0.2) is 50.9 Å². The van der Waals surface area contributed by atoms with Crippen molar-refractivity contribution in [1.29, 1.82) is 0 Å². The smallest absolute Gasteiger partial charge is 0.253 e. The van der Waals surface area contributed by atoms with E-state index in [9.17, 15) is 9.18 Å². The highest BCUT2D eigenvalue weighted by Crippen LogP contribution is 2.32. The van der Waals surface area contributed by atoms with Gasteiger partial charge in [-0.3, -0.25) is 9.69 Å². The molecule has 0 saturated carbocycles. The average molecular weight is 637 g/mol. The number of pyridine rings is 1. The summed E-state index contributed by atoms with van der Waals surface area (Å²) in [6, 6.07) is 25.2. The number of aromatic amines is 1.